The highest BCUT2D eigenvalue weighted by Crippen LogP contribution is 2.48. The van der Waals surface area contributed by atoms with Gasteiger partial charge in [0.05, 0.1) is 5.41 Å². The maximum absolute atomic E-state index is 12.3. The Bertz CT molecular complexity index is 528. The first kappa shape index (κ1) is 14.1. The second kappa shape index (κ2) is 5.50. The number of aliphatic carboxylic acids is 1. The van der Waals surface area contributed by atoms with Crippen LogP contribution in [0.15, 0.2) is 18.5 Å². The van der Waals surface area contributed by atoms with Crippen molar-refractivity contribution >= 4 is 11.9 Å². The molecule has 0 spiro atoms. The Hall–Kier alpha value is -1.85. The smallest absolute Gasteiger partial charge is 0.311 e. The maximum Gasteiger partial charge on any atom is 0.311 e. The first-order chi connectivity index (χ1) is 10.1. The number of hydrogen-bond donors (Lipinski definition) is 1. The molecule has 1 aromatic rings. The van der Waals surface area contributed by atoms with Crippen LogP contribution in [0.4, 0.5) is 0 Å². The number of fused-ring (bicyclic) bond motifs is 1. The summed E-state index contributed by atoms with van der Waals surface area (Å²) in [5.41, 5.74) is -0.669. The molecule has 2 atom stereocenters. The molecular formula is C15H21N3O3. The summed E-state index contributed by atoms with van der Waals surface area (Å²) in [4.78, 5) is 25.6. The van der Waals surface area contributed by atoms with Crippen LogP contribution in [-0.4, -0.2) is 44.8 Å². The third-order valence-electron chi connectivity index (χ3n) is 4.99. The Labute approximate surface area is 123 Å². The van der Waals surface area contributed by atoms with Crippen LogP contribution in [0.3, 0.4) is 0 Å². The van der Waals surface area contributed by atoms with E-state index in [9.17, 15) is 14.7 Å². The van der Waals surface area contributed by atoms with Crippen LogP contribution >= 0.6 is 0 Å². The Morgan fingerprint density at radius 1 is 1.43 bits per heavy atom. The maximum atomic E-state index is 12.3. The van der Waals surface area contributed by atoms with Gasteiger partial charge in [-0.25, -0.2) is 0 Å². The number of carboxylic acid groups (broad SMARTS) is 1. The summed E-state index contributed by atoms with van der Waals surface area (Å²) in [6.45, 7) is 1.74. The third kappa shape index (κ3) is 2.54. The summed E-state index contributed by atoms with van der Waals surface area (Å²) >= 11 is 0. The molecule has 0 unspecified atom stereocenters. The molecule has 1 saturated heterocycles. The molecule has 1 aliphatic carbocycles. The fourth-order valence-electron chi connectivity index (χ4n) is 3.81. The van der Waals surface area contributed by atoms with Gasteiger partial charge in [-0.15, -0.1) is 0 Å². The van der Waals surface area contributed by atoms with E-state index >= 15 is 0 Å². The van der Waals surface area contributed by atoms with Crippen LogP contribution in [-0.2, 0) is 16.1 Å². The Morgan fingerprint density at radius 3 is 2.95 bits per heavy atom. The van der Waals surface area contributed by atoms with Gasteiger partial charge in [-0.1, -0.05) is 6.42 Å². The molecule has 2 fully saturated rings. The molecule has 1 aliphatic heterocycles. The van der Waals surface area contributed by atoms with Crippen molar-refractivity contribution in [2.45, 2.75) is 38.6 Å². The van der Waals surface area contributed by atoms with Crippen molar-refractivity contribution in [1.82, 2.24) is 14.7 Å². The van der Waals surface area contributed by atoms with Gasteiger partial charge in [0.2, 0.25) is 5.91 Å². The Balaban J connectivity index is 1.53. The summed E-state index contributed by atoms with van der Waals surface area (Å²) in [6.07, 6.45) is 7.42. The Kier molecular flexibility index (Phi) is 3.69. The molecule has 0 bridgehead atoms. The lowest BCUT2D eigenvalue weighted by Crippen LogP contribution is -2.37. The summed E-state index contributed by atoms with van der Waals surface area (Å²) in [5.74, 6) is -0.501. The molecule has 6 nitrogen and oxygen atoms in total. The van der Waals surface area contributed by atoms with E-state index in [1.807, 2.05) is 16.9 Å². The van der Waals surface area contributed by atoms with E-state index in [1.165, 1.54) is 0 Å². The zero-order valence-electron chi connectivity index (χ0n) is 12.1. The predicted molar refractivity (Wildman–Crippen MR) is 75.5 cm³/mol. The molecular weight excluding hydrogens is 270 g/mol. The molecule has 2 heterocycles. The zero-order chi connectivity index (χ0) is 14.9. The van der Waals surface area contributed by atoms with Crippen molar-refractivity contribution in [3.63, 3.8) is 0 Å². The average Bonchev–Trinajstić information content (AvgIpc) is 3.13. The van der Waals surface area contributed by atoms with Crippen LogP contribution < -0.4 is 0 Å². The van der Waals surface area contributed by atoms with E-state index in [4.69, 9.17) is 0 Å². The van der Waals surface area contributed by atoms with Gasteiger partial charge in [0, 0.05) is 38.4 Å². The molecule has 2 aliphatic rings. The summed E-state index contributed by atoms with van der Waals surface area (Å²) in [6, 6.07) is 1.86. The number of nitrogens with zero attached hydrogens (tertiary/aromatic N) is 3. The normalized spacial score (nSPS) is 27.8. The number of hydrogen-bond acceptors (Lipinski definition) is 3. The lowest BCUT2D eigenvalue weighted by atomic mass is 9.81. The SMILES string of the molecule is O=C(CCCn1cccn1)N1C[C@@H]2CCC[C@@]2(C(=O)O)C1. The van der Waals surface area contributed by atoms with E-state index in [0.29, 0.717) is 25.9 Å². The van der Waals surface area contributed by atoms with Gasteiger partial charge >= 0.3 is 5.97 Å². The highest BCUT2D eigenvalue weighted by atomic mass is 16.4. The van der Waals surface area contributed by atoms with Crippen LogP contribution in [0.5, 0.6) is 0 Å². The molecule has 1 amide bonds. The largest absolute Gasteiger partial charge is 0.481 e. The fourth-order valence-corrected chi connectivity index (χ4v) is 3.81. The number of likely N-dealkylation sites (tertiary alicyclic amines) is 1. The lowest BCUT2D eigenvalue weighted by Gasteiger charge is -2.23. The topological polar surface area (TPSA) is 75.4 Å². The van der Waals surface area contributed by atoms with E-state index in [2.05, 4.69) is 5.10 Å². The number of carboxylic acids is 1. The van der Waals surface area contributed by atoms with E-state index in [-0.39, 0.29) is 11.8 Å². The molecule has 21 heavy (non-hydrogen) atoms. The van der Waals surface area contributed by atoms with Crippen molar-refractivity contribution < 1.29 is 14.7 Å². The number of carbonyl (C=O) groups is 2. The van der Waals surface area contributed by atoms with Gasteiger partial charge in [0.25, 0.3) is 0 Å². The van der Waals surface area contributed by atoms with Crippen LogP contribution in [0.25, 0.3) is 0 Å². The van der Waals surface area contributed by atoms with Crippen LogP contribution in [0.2, 0.25) is 0 Å². The first-order valence-electron chi connectivity index (χ1n) is 7.60. The zero-order valence-corrected chi connectivity index (χ0v) is 12.1. The van der Waals surface area contributed by atoms with Gasteiger partial charge in [-0.05, 0) is 31.2 Å². The molecule has 1 saturated carbocycles. The highest BCUT2D eigenvalue weighted by molar-refractivity contribution is 5.81. The molecule has 6 heteroatoms. The van der Waals surface area contributed by atoms with Crippen LogP contribution in [0.1, 0.15) is 32.1 Å². The van der Waals surface area contributed by atoms with E-state index in [0.717, 1.165) is 25.8 Å². The number of aryl methyl sites for hydroxylation is 1. The quantitative estimate of drug-likeness (QED) is 0.889. The van der Waals surface area contributed by atoms with E-state index < -0.39 is 11.4 Å². The molecule has 114 valence electrons. The summed E-state index contributed by atoms with van der Waals surface area (Å²) in [7, 11) is 0. The van der Waals surface area contributed by atoms with Gasteiger partial charge in [0.15, 0.2) is 0 Å². The number of amides is 1. The minimum Gasteiger partial charge on any atom is -0.481 e. The highest BCUT2D eigenvalue weighted by Gasteiger charge is 2.55. The first-order valence-corrected chi connectivity index (χ1v) is 7.60. The minimum absolute atomic E-state index is 0.0807. The minimum atomic E-state index is -0.725. The lowest BCUT2D eigenvalue weighted by molar-refractivity contribution is -0.149. The number of carbonyl (C=O) groups excluding carboxylic acids is 1. The number of aromatic nitrogens is 2. The van der Waals surface area contributed by atoms with Gasteiger partial charge in [-0.3, -0.25) is 14.3 Å². The monoisotopic (exact) mass is 291 g/mol. The van der Waals surface area contributed by atoms with Crippen LogP contribution in [0, 0.1) is 11.3 Å². The molecule has 3 rings (SSSR count). The molecule has 0 aromatic carbocycles. The third-order valence-corrected chi connectivity index (χ3v) is 4.99. The van der Waals surface area contributed by atoms with Gasteiger partial charge in [-0.2, -0.15) is 5.10 Å². The Morgan fingerprint density at radius 2 is 2.29 bits per heavy atom. The summed E-state index contributed by atoms with van der Waals surface area (Å²) in [5, 5.41) is 13.6. The predicted octanol–water partition coefficient (Wildman–Crippen LogP) is 1.38. The fraction of sp³-hybridized carbons (Fsp3) is 0.667. The number of rotatable bonds is 5. The molecule has 0 radical (unpaired) electrons. The summed E-state index contributed by atoms with van der Waals surface area (Å²) < 4.78 is 1.81. The average molecular weight is 291 g/mol. The van der Waals surface area contributed by atoms with Crippen molar-refractivity contribution in [3.8, 4) is 0 Å². The van der Waals surface area contributed by atoms with Crippen molar-refractivity contribution in [2.24, 2.45) is 11.3 Å². The van der Waals surface area contributed by atoms with Crippen molar-refractivity contribution in [1.29, 1.82) is 0 Å². The second-order valence-electron chi connectivity index (χ2n) is 6.20. The van der Waals surface area contributed by atoms with Crippen molar-refractivity contribution in [3.05, 3.63) is 18.5 Å². The molecule has 1 N–H and O–H groups in total. The van der Waals surface area contributed by atoms with Gasteiger partial charge < -0.3 is 10.0 Å². The molecule has 1 aromatic heterocycles. The standard InChI is InChI=1S/C15H21N3O3/c19-13(5-2-8-18-9-3-7-16-18)17-10-12-4-1-6-15(12,11-17)14(20)21/h3,7,9,12H,1-2,4-6,8,10-11H2,(H,20,21)/t12-,15+/m0/s1. The second-order valence-corrected chi connectivity index (χ2v) is 6.20. The van der Waals surface area contributed by atoms with Crippen molar-refractivity contribution in [2.75, 3.05) is 13.1 Å². The van der Waals surface area contributed by atoms with E-state index in [1.54, 1.807) is 11.1 Å². The van der Waals surface area contributed by atoms with Gasteiger partial charge in [0.1, 0.15) is 0 Å².